The van der Waals surface area contributed by atoms with E-state index < -0.39 is 17.6 Å². The molecule has 0 bridgehead atoms. The summed E-state index contributed by atoms with van der Waals surface area (Å²) in [6.07, 6.45) is -2.69. The quantitative estimate of drug-likeness (QED) is 0.617. The summed E-state index contributed by atoms with van der Waals surface area (Å²) in [5.41, 5.74) is 4.03. The molecule has 0 aliphatic rings. The first-order valence-electron chi connectivity index (χ1n) is 4.66. The molecule has 3 nitrogen and oxygen atoms in total. The zero-order valence-electron chi connectivity index (χ0n) is 9.17. The van der Waals surface area contributed by atoms with Crippen molar-refractivity contribution in [2.24, 2.45) is 0 Å². The Labute approximate surface area is 111 Å². The van der Waals surface area contributed by atoms with Crippen LogP contribution in [0.5, 0.6) is 0 Å². The Bertz CT molecular complexity index is 445. The second-order valence-corrected chi connectivity index (χ2v) is 4.63. The largest absolute Gasteiger partial charge is 0.416 e. The number of hydrazine groups is 1. The van der Waals surface area contributed by atoms with Gasteiger partial charge >= 0.3 is 6.18 Å². The normalized spacial score (nSPS) is 10.9. The molecule has 1 rings (SSSR count). The summed E-state index contributed by atoms with van der Waals surface area (Å²) in [6.45, 7) is 0. The molecule has 98 valence electrons. The van der Waals surface area contributed by atoms with Gasteiger partial charge in [-0.25, -0.2) is 0 Å². The van der Waals surface area contributed by atoms with E-state index in [1.54, 1.807) is 6.26 Å². The summed E-state index contributed by atoms with van der Waals surface area (Å²) in [6, 6.07) is 3.90. The van der Waals surface area contributed by atoms with Crippen LogP contribution in [0.25, 0.3) is 0 Å². The molecule has 18 heavy (non-hydrogen) atoms. The van der Waals surface area contributed by atoms with Crippen molar-refractivity contribution in [2.45, 2.75) is 6.18 Å². The summed E-state index contributed by atoms with van der Waals surface area (Å²) in [5, 5.41) is 0. The highest BCUT2D eigenvalue weighted by Gasteiger charge is 2.30. The molecule has 8 heteroatoms. The first-order valence-corrected chi connectivity index (χ1v) is 6.29. The zero-order valence-corrected chi connectivity index (χ0v) is 10.8. The Morgan fingerprint density at radius 1 is 1.22 bits per heavy atom. The monoisotopic (exact) mass is 294 g/mol. The highest BCUT2D eigenvalue weighted by atomic mass is 32.2. The number of hydrogen-bond donors (Lipinski definition) is 2. The van der Waals surface area contributed by atoms with Crippen molar-refractivity contribution in [2.75, 3.05) is 6.26 Å². The van der Waals surface area contributed by atoms with E-state index in [1.807, 2.05) is 0 Å². The van der Waals surface area contributed by atoms with Gasteiger partial charge in [0.1, 0.15) is 0 Å². The summed E-state index contributed by atoms with van der Waals surface area (Å²) >= 11 is 6.01. The summed E-state index contributed by atoms with van der Waals surface area (Å²) < 4.78 is 37.2. The van der Waals surface area contributed by atoms with E-state index in [9.17, 15) is 18.0 Å². The van der Waals surface area contributed by atoms with Gasteiger partial charge in [0.2, 0.25) is 0 Å². The van der Waals surface area contributed by atoms with E-state index in [4.69, 9.17) is 12.2 Å². The molecule has 2 N–H and O–H groups in total. The summed E-state index contributed by atoms with van der Waals surface area (Å²) in [7, 11) is 0. The number of halogens is 3. The average molecular weight is 294 g/mol. The van der Waals surface area contributed by atoms with Gasteiger partial charge in [-0.2, -0.15) is 13.2 Å². The van der Waals surface area contributed by atoms with E-state index in [2.05, 4.69) is 10.9 Å². The molecule has 1 aromatic rings. The topological polar surface area (TPSA) is 41.1 Å². The molecular formula is C10H9F3N2OS2. The van der Waals surface area contributed by atoms with Crippen molar-refractivity contribution in [3.8, 4) is 0 Å². The van der Waals surface area contributed by atoms with Crippen molar-refractivity contribution < 1.29 is 18.0 Å². The van der Waals surface area contributed by atoms with Crippen molar-refractivity contribution in [1.29, 1.82) is 0 Å². The number of carbonyl (C=O) groups excluding carboxylic acids is 1. The third kappa shape index (κ3) is 4.19. The Morgan fingerprint density at radius 2 is 1.78 bits per heavy atom. The van der Waals surface area contributed by atoms with Crippen LogP contribution in [-0.2, 0) is 6.18 Å². The maximum atomic E-state index is 12.3. The lowest BCUT2D eigenvalue weighted by atomic mass is 10.1. The van der Waals surface area contributed by atoms with Crippen LogP contribution in [0.1, 0.15) is 15.9 Å². The van der Waals surface area contributed by atoms with Crippen molar-refractivity contribution in [1.82, 2.24) is 10.9 Å². The second-order valence-electron chi connectivity index (χ2n) is 3.15. The van der Waals surface area contributed by atoms with E-state index in [1.165, 1.54) is 11.8 Å². The summed E-state index contributed by atoms with van der Waals surface area (Å²) in [4.78, 5) is 11.5. The fraction of sp³-hybridized carbons (Fsp3) is 0.200. The minimum absolute atomic E-state index is 0.111. The van der Waals surface area contributed by atoms with Crippen LogP contribution in [0.4, 0.5) is 13.2 Å². The number of thioether (sulfide) groups is 1. The van der Waals surface area contributed by atoms with Crippen LogP contribution in [0, 0.1) is 0 Å². The molecule has 0 unspecified atom stereocenters. The Hall–Kier alpha value is -1.28. The molecular weight excluding hydrogens is 285 g/mol. The third-order valence-electron chi connectivity index (χ3n) is 1.94. The number of amides is 1. The third-order valence-corrected chi connectivity index (χ3v) is 3.01. The predicted molar refractivity (Wildman–Crippen MR) is 68.2 cm³/mol. The van der Waals surface area contributed by atoms with Gasteiger partial charge in [0.25, 0.3) is 5.91 Å². The maximum Gasteiger partial charge on any atom is 0.416 e. The van der Waals surface area contributed by atoms with Crippen molar-refractivity contribution in [3.05, 3.63) is 35.4 Å². The standard InChI is InChI=1S/C10H9F3N2OS2/c1-18-9(17)15-14-8(16)6-2-4-7(5-3-6)10(11,12)13/h2-5H,1H3,(H,14,16)(H,15,17). The molecule has 0 radical (unpaired) electrons. The van der Waals surface area contributed by atoms with Gasteiger partial charge in [-0.1, -0.05) is 24.0 Å². The number of hydrogen-bond acceptors (Lipinski definition) is 3. The van der Waals surface area contributed by atoms with Gasteiger partial charge in [-0.3, -0.25) is 15.6 Å². The maximum absolute atomic E-state index is 12.3. The van der Waals surface area contributed by atoms with Crippen LogP contribution in [0.2, 0.25) is 0 Å². The first kappa shape index (κ1) is 14.8. The van der Waals surface area contributed by atoms with Crippen LogP contribution in [-0.4, -0.2) is 16.5 Å². The zero-order chi connectivity index (χ0) is 13.8. The van der Waals surface area contributed by atoms with E-state index in [-0.39, 0.29) is 5.56 Å². The second kappa shape index (κ2) is 6.05. The van der Waals surface area contributed by atoms with Crippen LogP contribution < -0.4 is 10.9 Å². The fourth-order valence-corrected chi connectivity index (χ4v) is 1.25. The SMILES string of the molecule is CSC(=S)NNC(=O)c1ccc(C(F)(F)F)cc1. The Kier molecular flexibility index (Phi) is 4.97. The number of thiocarbonyl (C=S) groups is 1. The molecule has 0 saturated heterocycles. The summed E-state index contributed by atoms with van der Waals surface area (Å²) in [5.74, 6) is -0.555. The molecule has 1 amide bonds. The van der Waals surface area contributed by atoms with Gasteiger partial charge in [0.05, 0.1) is 5.56 Å². The van der Waals surface area contributed by atoms with Crippen LogP contribution >= 0.6 is 24.0 Å². The number of rotatable bonds is 1. The number of carbonyl (C=O) groups is 1. The molecule has 0 aliphatic carbocycles. The molecule has 0 fully saturated rings. The van der Waals surface area contributed by atoms with Crippen molar-refractivity contribution in [3.63, 3.8) is 0 Å². The van der Waals surface area contributed by atoms with Gasteiger partial charge < -0.3 is 0 Å². The number of nitrogens with one attached hydrogen (secondary N) is 2. The highest BCUT2D eigenvalue weighted by Crippen LogP contribution is 2.28. The molecule has 0 aromatic heterocycles. The lowest BCUT2D eigenvalue weighted by Gasteiger charge is -2.09. The van der Waals surface area contributed by atoms with Gasteiger partial charge in [0, 0.05) is 5.56 Å². The van der Waals surface area contributed by atoms with Crippen LogP contribution in [0.15, 0.2) is 24.3 Å². The highest BCUT2D eigenvalue weighted by molar-refractivity contribution is 8.22. The molecule has 0 spiro atoms. The van der Waals surface area contributed by atoms with E-state index >= 15 is 0 Å². The lowest BCUT2D eigenvalue weighted by Crippen LogP contribution is -2.39. The van der Waals surface area contributed by atoms with Gasteiger partial charge in [-0.15, -0.1) is 0 Å². The van der Waals surface area contributed by atoms with E-state index in [0.717, 1.165) is 24.3 Å². The van der Waals surface area contributed by atoms with Gasteiger partial charge in [-0.05, 0) is 30.5 Å². The predicted octanol–water partition coefficient (Wildman–Crippen LogP) is 2.59. The lowest BCUT2D eigenvalue weighted by molar-refractivity contribution is -0.137. The molecule has 0 heterocycles. The number of benzene rings is 1. The van der Waals surface area contributed by atoms with Gasteiger partial charge in [0.15, 0.2) is 4.32 Å². The minimum Gasteiger partial charge on any atom is -0.283 e. The fourth-order valence-electron chi connectivity index (χ4n) is 1.04. The number of alkyl halides is 3. The molecule has 0 atom stereocenters. The molecule has 1 aromatic carbocycles. The van der Waals surface area contributed by atoms with Crippen molar-refractivity contribution >= 4 is 34.2 Å². The Morgan fingerprint density at radius 3 is 2.22 bits per heavy atom. The average Bonchev–Trinajstić information content (AvgIpc) is 2.34. The first-order chi connectivity index (χ1) is 8.34. The van der Waals surface area contributed by atoms with E-state index in [0.29, 0.717) is 4.32 Å². The molecule has 0 saturated carbocycles. The Balaban J connectivity index is 2.68. The molecule has 0 aliphatic heterocycles. The minimum atomic E-state index is -4.41. The smallest absolute Gasteiger partial charge is 0.283 e. The van der Waals surface area contributed by atoms with Crippen LogP contribution in [0.3, 0.4) is 0 Å².